The van der Waals surface area contributed by atoms with Gasteiger partial charge in [0.1, 0.15) is 11.6 Å². The third-order valence-corrected chi connectivity index (χ3v) is 3.10. The Balaban J connectivity index is 2.06. The first-order valence-corrected chi connectivity index (χ1v) is 7.51. The molecule has 6 nitrogen and oxygen atoms in total. The molecule has 0 saturated carbocycles. The van der Waals surface area contributed by atoms with Gasteiger partial charge in [0.2, 0.25) is 5.91 Å². The van der Waals surface area contributed by atoms with E-state index in [1.165, 1.54) is 37.3 Å². The quantitative estimate of drug-likeness (QED) is 0.851. The summed E-state index contributed by atoms with van der Waals surface area (Å²) in [6, 6.07) is 8.26. The van der Waals surface area contributed by atoms with Crippen molar-refractivity contribution < 1.29 is 27.5 Å². The van der Waals surface area contributed by atoms with Crippen LogP contribution in [0.5, 0.6) is 5.75 Å². The van der Waals surface area contributed by atoms with Gasteiger partial charge in [-0.3, -0.25) is 9.59 Å². The summed E-state index contributed by atoms with van der Waals surface area (Å²) in [4.78, 5) is 27.4. The average molecular weight is 367 g/mol. The molecule has 2 N–H and O–H groups in total. The maximum Gasteiger partial charge on any atom is 0.573 e. The lowest BCUT2D eigenvalue weighted by Crippen LogP contribution is -2.23. The third-order valence-electron chi connectivity index (χ3n) is 3.10. The molecule has 0 saturated heterocycles. The van der Waals surface area contributed by atoms with E-state index in [4.69, 9.17) is 0 Å². The van der Waals surface area contributed by atoms with Gasteiger partial charge in [0.15, 0.2) is 0 Å². The number of carbonyl (C=O) groups is 2. The molecule has 1 aromatic carbocycles. The summed E-state index contributed by atoms with van der Waals surface area (Å²) < 4.78 is 40.6. The van der Waals surface area contributed by atoms with Crippen LogP contribution in [0.4, 0.5) is 19.0 Å². The molecular weight excluding hydrogens is 351 g/mol. The number of aryl methyl sites for hydroxylation is 1. The fourth-order valence-electron chi connectivity index (χ4n) is 2.18. The van der Waals surface area contributed by atoms with E-state index >= 15 is 0 Å². The van der Waals surface area contributed by atoms with Crippen LogP contribution in [0.25, 0.3) is 0 Å². The van der Waals surface area contributed by atoms with Crippen molar-refractivity contribution in [1.82, 2.24) is 10.3 Å². The Hall–Kier alpha value is -3.10. The third kappa shape index (κ3) is 6.08. The van der Waals surface area contributed by atoms with Crippen molar-refractivity contribution in [3.8, 4) is 5.75 Å². The van der Waals surface area contributed by atoms with Crippen LogP contribution in [0.15, 0.2) is 36.4 Å². The number of aromatic nitrogens is 1. The van der Waals surface area contributed by atoms with Gasteiger partial charge in [-0.15, -0.1) is 13.2 Å². The Labute approximate surface area is 147 Å². The molecule has 0 spiro atoms. The number of pyridine rings is 1. The minimum atomic E-state index is -4.78. The molecule has 0 fully saturated rings. The van der Waals surface area contributed by atoms with Gasteiger partial charge in [-0.25, -0.2) is 4.98 Å². The number of rotatable bonds is 5. The molecule has 1 aromatic heterocycles. The molecule has 0 radical (unpaired) electrons. The average Bonchev–Trinajstić information content (AvgIpc) is 2.50. The minimum Gasteiger partial charge on any atom is -0.406 e. The molecule has 0 atom stereocenters. The Kier molecular flexibility index (Phi) is 5.81. The van der Waals surface area contributed by atoms with Crippen LogP contribution in [0.3, 0.4) is 0 Å². The van der Waals surface area contributed by atoms with Crippen LogP contribution in [0, 0.1) is 6.92 Å². The molecule has 9 heteroatoms. The topological polar surface area (TPSA) is 80.3 Å². The summed E-state index contributed by atoms with van der Waals surface area (Å²) in [5, 5.41) is 5.09. The Bertz CT molecular complexity index is 822. The van der Waals surface area contributed by atoms with Gasteiger partial charge in [-0.05, 0) is 36.8 Å². The second-order valence-corrected chi connectivity index (χ2v) is 5.44. The lowest BCUT2D eigenvalue weighted by Gasteiger charge is -2.11. The number of hydrogen-bond donors (Lipinski definition) is 2. The highest BCUT2D eigenvalue weighted by molar-refractivity contribution is 5.96. The molecule has 2 aromatic rings. The zero-order valence-electron chi connectivity index (χ0n) is 14.0. The zero-order chi connectivity index (χ0) is 19.3. The fraction of sp³-hybridized carbons (Fsp3) is 0.235. The lowest BCUT2D eigenvalue weighted by molar-refractivity contribution is -0.274. The first-order valence-electron chi connectivity index (χ1n) is 7.51. The number of carbonyl (C=O) groups excluding carboxylic acids is 2. The predicted molar refractivity (Wildman–Crippen MR) is 87.6 cm³/mol. The molecule has 2 rings (SSSR count). The predicted octanol–water partition coefficient (Wildman–Crippen LogP) is 3.18. The van der Waals surface area contributed by atoms with Crippen LogP contribution < -0.4 is 15.4 Å². The summed E-state index contributed by atoms with van der Waals surface area (Å²) in [6.45, 7) is 2.99. The minimum absolute atomic E-state index is 0.00469. The van der Waals surface area contributed by atoms with Crippen LogP contribution >= 0.6 is 0 Å². The molecule has 2 amide bonds. The van der Waals surface area contributed by atoms with Gasteiger partial charge < -0.3 is 15.4 Å². The second kappa shape index (κ2) is 7.85. The summed E-state index contributed by atoms with van der Waals surface area (Å²) in [6.07, 6.45) is -4.78. The van der Waals surface area contributed by atoms with Crippen molar-refractivity contribution in [2.24, 2.45) is 0 Å². The van der Waals surface area contributed by atoms with E-state index in [0.717, 1.165) is 0 Å². The van der Waals surface area contributed by atoms with Crippen molar-refractivity contribution in [2.75, 3.05) is 5.32 Å². The monoisotopic (exact) mass is 367 g/mol. The number of amides is 2. The van der Waals surface area contributed by atoms with Crippen molar-refractivity contribution in [2.45, 2.75) is 26.8 Å². The number of benzene rings is 1. The van der Waals surface area contributed by atoms with Crippen LogP contribution in [0.2, 0.25) is 0 Å². The van der Waals surface area contributed by atoms with Gasteiger partial charge in [0.05, 0.1) is 0 Å². The molecule has 0 unspecified atom stereocenters. The standard InChI is InChI=1S/C17H16F3N3O3/c1-10-6-13(8-15(22-10)23-11(2)24)16(25)21-9-12-4-3-5-14(7-12)26-17(18,19)20/h3-8H,9H2,1-2H3,(H,21,25)(H,22,23,24). The van der Waals surface area contributed by atoms with E-state index in [9.17, 15) is 22.8 Å². The molecular formula is C17H16F3N3O3. The zero-order valence-corrected chi connectivity index (χ0v) is 14.0. The first kappa shape index (κ1) is 19.2. The number of alkyl halides is 3. The molecule has 0 aliphatic carbocycles. The van der Waals surface area contributed by atoms with Crippen LogP contribution in [-0.2, 0) is 11.3 Å². The molecule has 26 heavy (non-hydrogen) atoms. The number of ether oxygens (including phenoxy) is 1. The fourth-order valence-corrected chi connectivity index (χ4v) is 2.18. The van der Waals surface area contributed by atoms with Crippen molar-refractivity contribution in [3.05, 3.63) is 53.2 Å². The highest BCUT2D eigenvalue weighted by Crippen LogP contribution is 2.23. The normalized spacial score (nSPS) is 11.0. The van der Waals surface area contributed by atoms with E-state index in [1.54, 1.807) is 13.0 Å². The Morgan fingerprint density at radius 2 is 1.92 bits per heavy atom. The summed E-state index contributed by atoms with van der Waals surface area (Å²) in [7, 11) is 0. The van der Waals surface area contributed by atoms with E-state index < -0.39 is 12.3 Å². The molecule has 0 aliphatic rings. The summed E-state index contributed by atoms with van der Waals surface area (Å²) in [5.74, 6) is -0.902. The van der Waals surface area contributed by atoms with Crippen molar-refractivity contribution >= 4 is 17.6 Å². The van der Waals surface area contributed by atoms with Gasteiger partial charge in [-0.1, -0.05) is 12.1 Å². The second-order valence-electron chi connectivity index (χ2n) is 5.44. The molecule has 138 valence electrons. The number of halogens is 3. The van der Waals surface area contributed by atoms with Crippen molar-refractivity contribution in [3.63, 3.8) is 0 Å². The Morgan fingerprint density at radius 1 is 1.19 bits per heavy atom. The maximum atomic E-state index is 12.3. The molecule has 1 heterocycles. The number of hydrogen-bond acceptors (Lipinski definition) is 4. The van der Waals surface area contributed by atoms with E-state index in [2.05, 4.69) is 20.4 Å². The highest BCUT2D eigenvalue weighted by atomic mass is 19.4. The maximum absolute atomic E-state index is 12.3. The largest absolute Gasteiger partial charge is 0.573 e. The van der Waals surface area contributed by atoms with Crippen molar-refractivity contribution in [1.29, 1.82) is 0 Å². The van der Waals surface area contributed by atoms with E-state index in [0.29, 0.717) is 11.3 Å². The molecule has 0 aliphatic heterocycles. The molecule has 0 bridgehead atoms. The van der Waals surface area contributed by atoms with Crippen LogP contribution in [0.1, 0.15) is 28.5 Å². The van der Waals surface area contributed by atoms with Gasteiger partial charge >= 0.3 is 6.36 Å². The highest BCUT2D eigenvalue weighted by Gasteiger charge is 2.31. The van der Waals surface area contributed by atoms with E-state index in [1.807, 2.05) is 0 Å². The number of anilines is 1. The number of nitrogens with one attached hydrogen (secondary N) is 2. The van der Waals surface area contributed by atoms with Gasteiger partial charge in [-0.2, -0.15) is 0 Å². The SMILES string of the molecule is CC(=O)Nc1cc(C(=O)NCc2cccc(OC(F)(F)F)c2)cc(C)n1. The lowest BCUT2D eigenvalue weighted by atomic mass is 10.2. The van der Waals surface area contributed by atoms with Gasteiger partial charge in [0, 0.05) is 24.7 Å². The number of nitrogens with zero attached hydrogens (tertiary/aromatic N) is 1. The smallest absolute Gasteiger partial charge is 0.406 e. The van der Waals surface area contributed by atoms with Gasteiger partial charge in [0.25, 0.3) is 5.91 Å². The van der Waals surface area contributed by atoms with Crippen LogP contribution in [-0.4, -0.2) is 23.2 Å². The first-order chi connectivity index (χ1) is 12.1. The Morgan fingerprint density at radius 3 is 2.58 bits per heavy atom. The summed E-state index contributed by atoms with van der Waals surface area (Å²) >= 11 is 0. The summed E-state index contributed by atoms with van der Waals surface area (Å²) in [5.41, 5.74) is 1.24. The van der Waals surface area contributed by atoms with E-state index in [-0.39, 0.29) is 29.6 Å².